The molecule has 0 bridgehead atoms. The van der Waals surface area contributed by atoms with Crippen LogP contribution >= 0.6 is 0 Å². The van der Waals surface area contributed by atoms with E-state index in [0.717, 1.165) is 39.0 Å². The Morgan fingerprint density at radius 3 is 2.50 bits per heavy atom. The second-order valence-corrected chi connectivity index (χ2v) is 6.21. The van der Waals surface area contributed by atoms with Gasteiger partial charge in [0, 0.05) is 26.2 Å². The van der Waals surface area contributed by atoms with Crippen LogP contribution in [0.5, 0.6) is 0 Å². The molecule has 2 saturated heterocycles. The number of aromatic nitrogens is 3. The predicted molar refractivity (Wildman–Crippen MR) is 87.0 cm³/mol. The van der Waals surface area contributed by atoms with Gasteiger partial charge in [-0.05, 0) is 12.8 Å². The second-order valence-electron chi connectivity index (χ2n) is 6.21. The highest BCUT2D eigenvalue weighted by Gasteiger charge is 2.28. The second kappa shape index (κ2) is 6.72. The van der Waals surface area contributed by atoms with E-state index in [1.807, 2.05) is 4.90 Å². The number of rotatable bonds is 2. The molecule has 2 aromatic heterocycles. The number of anilines is 1. The first-order valence-corrected chi connectivity index (χ1v) is 8.57. The maximum atomic E-state index is 13.0. The molecule has 2 aromatic rings. The number of ether oxygens (including phenoxy) is 1. The van der Waals surface area contributed by atoms with E-state index in [9.17, 15) is 4.79 Å². The van der Waals surface area contributed by atoms with Gasteiger partial charge in [-0.2, -0.15) is 4.98 Å². The van der Waals surface area contributed by atoms with E-state index in [2.05, 4.69) is 20.0 Å². The van der Waals surface area contributed by atoms with Crippen LogP contribution in [0.3, 0.4) is 0 Å². The molecule has 0 N–H and O–H groups in total. The molecule has 0 aromatic carbocycles. The van der Waals surface area contributed by atoms with Crippen LogP contribution in [0.2, 0.25) is 0 Å². The minimum absolute atomic E-state index is 0.0834. The van der Waals surface area contributed by atoms with Crippen LogP contribution in [0.4, 0.5) is 5.82 Å². The maximum absolute atomic E-state index is 13.0. The van der Waals surface area contributed by atoms with E-state index in [1.165, 1.54) is 19.2 Å². The summed E-state index contributed by atoms with van der Waals surface area (Å²) in [7, 11) is 0. The smallest absolute Gasteiger partial charge is 0.276 e. The van der Waals surface area contributed by atoms with E-state index >= 15 is 0 Å². The molecule has 8 nitrogen and oxygen atoms in total. The monoisotopic (exact) mass is 331 g/mol. The zero-order valence-corrected chi connectivity index (χ0v) is 13.6. The molecule has 0 radical (unpaired) electrons. The Bertz CT molecular complexity index is 718. The van der Waals surface area contributed by atoms with Gasteiger partial charge in [0.15, 0.2) is 5.69 Å². The Morgan fingerprint density at radius 1 is 1.00 bits per heavy atom. The predicted octanol–water partition coefficient (Wildman–Crippen LogP) is 1.47. The normalized spacial score (nSPS) is 19.5. The summed E-state index contributed by atoms with van der Waals surface area (Å²) in [5.74, 6) is 0.627. The first-order valence-electron chi connectivity index (χ1n) is 8.57. The van der Waals surface area contributed by atoms with Crippen molar-refractivity contribution >= 4 is 22.8 Å². The molecule has 24 heavy (non-hydrogen) atoms. The Morgan fingerprint density at radius 2 is 1.75 bits per heavy atom. The Labute approximate surface area is 139 Å². The number of carbonyl (C=O) groups excluding carboxylic acids is 1. The van der Waals surface area contributed by atoms with Crippen molar-refractivity contribution in [2.45, 2.75) is 25.7 Å². The van der Waals surface area contributed by atoms with Crippen molar-refractivity contribution in [2.75, 3.05) is 44.3 Å². The summed E-state index contributed by atoms with van der Waals surface area (Å²) in [4.78, 5) is 25.5. The van der Waals surface area contributed by atoms with Gasteiger partial charge < -0.3 is 19.1 Å². The van der Waals surface area contributed by atoms with Crippen molar-refractivity contribution in [1.82, 2.24) is 20.0 Å². The number of carbonyl (C=O) groups is 1. The highest BCUT2D eigenvalue weighted by atomic mass is 16.5. The lowest BCUT2D eigenvalue weighted by Crippen LogP contribution is -2.37. The summed E-state index contributed by atoms with van der Waals surface area (Å²) in [5, 5.41) is 4.65. The molecule has 2 aliphatic rings. The lowest BCUT2D eigenvalue weighted by atomic mass is 10.2. The molecule has 0 aliphatic carbocycles. The summed E-state index contributed by atoms with van der Waals surface area (Å²) in [6.07, 6.45) is 5.87. The topological polar surface area (TPSA) is 84.6 Å². The van der Waals surface area contributed by atoms with Crippen molar-refractivity contribution in [1.29, 1.82) is 0 Å². The number of fused-ring (bicyclic) bond motifs is 1. The number of morpholine rings is 1. The summed E-state index contributed by atoms with van der Waals surface area (Å²) < 4.78 is 10.7. The van der Waals surface area contributed by atoms with Crippen molar-refractivity contribution in [2.24, 2.45) is 0 Å². The van der Waals surface area contributed by atoms with Gasteiger partial charge in [0.25, 0.3) is 11.6 Å². The van der Waals surface area contributed by atoms with Crippen LogP contribution in [-0.2, 0) is 4.74 Å². The van der Waals surface area contributed by atoms with Gasteiger partial charge in [0.1, 0.15) is 17.5 Å². The Hall–Kier alpha value is -2.22. The quantitative estimate of drug-likeness (QED) is 0.824. The molecule has 8 heteroatoms. The lowest BCUT2D eigenvalue weighted by molar-refractivity contribution is 0.0753. The zero-order valence-electron chi connectivity index (χ0n) is 13.6. The van der Waals surface area contributed by atoms with E-state index < -0.39 is 0 Å². The Balaban J connectivity index is 1.71. The van der Waals surface area contributed by atoms with Crippen LogP contribution in [0.25, 0.3) is 11.1 Å². The molecule has 0 atom stereocenters. The van der Waals surface area contributed by atoms with Crippen LogP contribution < -0.4 is 4.90 Å². The molecule has 2 fully saturated rings. The fourth-order valence-electron chi connectivity index (χ4n) is 3.36. The standard InChI is InChI=1S/C16H21N5O3/c22-16(21-5-3-1-2-4-6-21)13-12-14(20-7-9-23-10-8-20)17-11-18-15(12)24-19-13/h11H,1-10H2. The highest BCUT2D eigenvalue weighted by Crippen LogP contribution is 2.28. The van der Waals surface area contributed by atoms with Gasteiger partial charge in [0.05, 0.1) is 13.2 Å². The van der Waals surface area contributed by atoms with E-state index in [1.54, 1.807) is 0 Å². The third-order valence-electron chi connectivity index (χ3n) is 4.66. The van der Waals surface area contributed by atoms with E-state index in [-0.39, 0.29) is 5.91 Å². The van der Waals surface area contributed by atoms with Crippen LogP contribution in [0.1, 0.15) is 36.2 Å². The third kappa shape index (κ3) is 2.82. The summed E-state index contributed by atoms with van der Waals surface area (Å²) in [6.45, 7) is 4.29. The van der Waals surface area contributed by atoms with Crippen molar-refractivity contribution < 1.29 is 14.1 Å². The van der Waals surface area contributed by atoms with Crippen molar-refractivity contribution in [3.8, 4) is 0 Å². The average molecular weight is 331 g/mol. The zero-order chi connectivity index (χ0) is 16.4. The van der Waals surface area contributed by atoms with Crippen molar-refractivity contribution in [3.63, 3.8) is 0 Å². The minimum Gasteiger partial charge on any atom is -0.378 e. The largest absolute Gasteiger partial charge is 0.378 e. The van der Waals surface area contributed by atoms with Gasteiger partial charge in [-0.3, -0.25) is 4.79 Å². The molecule has 0 spiro atoms. The molecule has 2 aliphatic heterocycles. The van der Waals surface area contributed by atoms with Crippen molar-refractivity contribution in [3.05, 3.63) is 12.0 Å². The molecule has 0 unspecified atom stereocenters. The number of nitrogens with zero attached hydrogens (tertiary/aromatic N) is 5. The minimum atomic E-state index is -0.0834. The fourth-order valence-corrected chi connectivity index (χ4v) is 3.36. The molecule has 128 valence electrons. The first-order chi connectivity index (χ1) is 11.8. The first kappa shape index (κ1) is 15.3. The molecular formula is C16H21N5O3. The molecule has 4 heterocycles. The average Bonchev–Trinajstić information content (AvgIpc) is 2.88. The molecule has 4 rings (SSSR count). The number of hydrogen-bond acceptors (Lipinski definition) is 7. The highest BCUT2D eigenvalue weighted by molar-refractivity contribution is 6.07. The van der Waals surface area contributed by atoms with E-state index in [0.29, 0.717) is 35.8 Å². The van der Waals surface area contributed by atoms with Gasteiger partial charge in [-0.15, -0.1) is 0 Å². The van der Waals surface area contributed by atoms with Crippen LogP contribution in [0, 0.1) is 0 Å². The summed E-state index contributed by atoms with van der Waals surface area (Å²) in [6, 6.07) is 0. The van der Waals surface area contributed by atoms with Gasteiger partial charge >= 0.3 is 0 Å². The fraction of sp³-hybridized carbons (Fsp3) is 0.625. The van der Waals surface area contributed by atoms with Crippen LogP contribution in [-0.4, -0.2) is 65.3 Å². The van der Waals surface area contributed by atoms with Gasteiger partial charge in [-0.1, -0.05) is 18.0 Å². The number of hydrogen-bond donors (Lipinski definition) is 0. The lowest BCUT2D eigenvalue weighted by Gasteiger charge is -2.28. The third-order valence-corrected chi connectivity index (χ3v) is 4.66. The SMILES string of the molecule is O=C(c1noc2ncnc(N3CCOCC3)c12)N1CCCCCC1. The summed E-state index contributed by atoms with van der Waals surface area (Å²) >= 11 is 0. The molecular weight excluding hydrogens is 310 g/mol. The van der Waals surface area contributed by atoms with Gasteiger partial charge in [-0.25, -0.2) is 4.98 Å². The van der Waals surface area contributed by atoms with Crippen LogP contribution in [0.15, 0.2) is 10.9 Å². The molecule has 1 amide bonds. The van der Waals surface area contributed by atoms with Gasteiger partial charge in [0.2, 0.25) is 0 Å². The summed E-state index contributed by atoms with van der Waals surface area (Å²) in [5.41, 5.74) is 0.693. The van der Waals surface area contributed by atoms with E-state index in [4.69, 9.17) is 9.26 Å². The Kier molecular flexibility index (Phi) is 4.29. The molecule has 0 saturated carbocycles. The number of amides is 1. The number of likely N-dealkylation sites (tertiary alicyclic amines) is 1. The maximum Gasteiger partial charge on any atom is 0.276 e.